The molecule has 2 aromatic rings. The predicted octanol–water partition coefficient (Wildman–Crippen LogP) is 2.26. The van der Waals surface area contributed by atoms with Crippen molar-refractivity contribution in [3.05, 3.63) is 16.0 Å². The summed E-state index contributed by atoms with van der Waals surface area (Å²) in [5.41, 5.74) is 0.691. The maximum atomic E-state index is 5.87. The minimum Gasteiger partial charge on any atom is -0.203 e. The fourth-order valence-corrected chi connectivity index (χ4v) is 1.88. The molecular weight excluding hydrogens is 276 g/mol. The molecule has 0 radical (unpaired) electrons. The van der Waals surface area contributed by atoms with Crippen LogP contribution in [0.15, 0.2) is 15.8 Å². The van der Waals surface area contributed by atoms with Crippen molar-refractivity contribution in [2.45, 2.75) is 5.16 Å². The van der Waals surface area contributed by atoms with Gasteiger partial charge in [0.25, 0.3) is 0 Å². The van der Waals surface area contributed by atoms with Gasteiger partial charge in [-0.2, -0.15) is 14.6 Å². The molecule has 2 heterocycles. The van der Waals surface area contributed by atoms with E-state index in [-0.39, 0.29) is 0 Å². The zero-order valence-electron chi connectivity index (χ0n) is 6.53. The Bertz CT molecular complexity index is 457. The van der Waals surface area contributed by atoms with Crippen LogP contribution >= 0.6 is 39.3 Å². The maximum Gasteiger partial charge on any atom is 0.228 e. The molecule has 0 fully saturated rings. The Balaban J connectivity index is 2.75. The molecule has 0 aromatic carbocycles. The van der Waals surface area contributed by atoms with Gasteiger partial charge in [0, 0.05) is 6.07 Å². The van der Waals surface area contributed by atoms with Crippen molar-refractivity contribution in [3.63, 3.8) is 0 Å². The standard InChI is InChI=1S/C6H4BrClN4S/c1-13-6-9-4-2-3(7)11-12(4)5(8)10-6/h2H,1H3. The Kier molecular flexibility index (Phi) is 2.44. The average molecular weight is 280 g/mol. The van der Waals surface area contributed by atoms with Crippen molar-refractivity contribution in [1.29, 1.82) is 0 Å². The van der Waals surface area contributed by atoms with Gasteiger partial charge in [0.05, 0.1) is 0 Å². The van der Waals surface area contributed by atoms with Crippen LogP contribution in [0.25, 0.3) is 5.65 Å². The molecular formula is C6H4BrClN4S. The van der Waals surface area contributed by atoms with E-state index in [9.17, 15) is 0 Å². The molecule has 0 N–H and O–H groups in total. The maximum absolute atomic E-state index is 5.87. The van der Waals surface area contributed by atoms with Crippen LogP contribution < -0.4 is 0 Å². The molecule has 0 aliphatic rings. The first-order valence-electron chi connectivity index (χ1n) is 3.33. The molecule has 2 aromatic heterocycles. The minimum absolute atomic E-state index is 0.319. The molecule has 0 amide bonds. The number of rotatable bonds is 1. The summed E-state index contributed by atoms with van der Waals surface area (Å²) in [6, 6.07) is 1.78. The monoisotopic (exact) mass is 278 g/mol. The van der Waals surface area contributed by atoms with Crippen molar-refractivity contribution in [2.24, 2.45) is 0 Å². The van der Waals surface area contributed by atoms with E-state index in [2.05, 4.69) is 31.0 Å². The van der Waals surface area contributed by atoms with Crippen LogP contribution in [0.3, 0.4) is 0 Å². The second-order valence-corrected chi connectivity index (χ2v) is 4.14. The summed E-state index contributed by atoms with van der Waals surface area (Å²) >= 11 is 10.6. The molecule has 68 valence electrons. The lowest BCUT2D eigenvalue weighted by atomic mass is 10.7. The first kappa shape index (κ1) is 9.23. The Labute approximate surface area is 91.8 Å². The second kappa shape index (κ2) is 3.43. The first-order chi connectivity index (χ1) is 6.20. The number of hydrogen-bond acceptors (Lipinski definition) is 4. The summed E-state index contributed by atoms with van der Waals surface area (Å²) < 4.78 is 2.17. The zero-order chi connectivity index (χ0) is 9.42. The molecule has 0 saturated heterocycles. The van der Waals surface area contributed by atoms with E-state index < -0.39 is 0 Å². The molecule has 0 bridgehead atoms. The van der Waals surface area contributed by atoms with Gasteiger partial charge in [-0.1, -0.05) is 11.8 Å². The van der Waals surface area contributed by atoms with E-state index in [1.165, 1.54) is 16.3 Å². The van der Waals surface area contributed by atoms with Crippen molar-refractivity contribution >= 4 is 44.9 Å². The minimum atomic E-state index is 0.319. The Morgan fingerprint density at radius 2 is 2.31 bits per heavy atom. The Morgan fingerprint density at radius 3 is 3.00 bits per heavy atom. The lowest BCUT2D eigenvalue weighted by molar-refractivity contribution is 0.831. The van der Waals surface area contributed by atoms with Crippen LogP contribution in [-0.2, 0) is 0 Å². The molecule has 2 rings (SSSR count). The van der Waals surface area contributed by atoms with E-state index in [1.54, 1.807) is 6.07 Å². The Hall–Kier alpha value is -0.330. The highest BCUT2D eigenvalue weighted by Gasteiger charge is 2.07. The molecule has 0 atom stereocenters. The van der Waals surface area contributed by atoms with Gasteiger partial charge in [-0.25, -0.2) is 4.98 Å². The molecule has 7 heteroatoms. The summed E-state index contributed by atoms with van der Waals surface area (Å²) in [4.78, 5) is 8.24. The second-order valence-electron chi connectivity index (χ2n) is 2.22. The molecule has 0 unspecified atom stereocenters. The third-order valence-corrected chi connectivity index (χ3v) is 2.60. The van der Waals surface area contributed by atoms with E-state index in [1.807, 2.05) is 6.26 Å². The topological polar surface area (TPSA) is 43.1 Å². The van der Waals surface area contributed by atoms with Crippen molar-refractivity contribution in [1.82, 2.24) is 19.6 Å². The van der Waals surface area contributed by atoms with E-state index in [0.29, 0.717) is 20.7 Å². The largest absolute Gasteiger partial charge is 0.228 e. The summed E-state index contributed by atoms with van der Waals surface area (Å²) in [5, 5.41) is 5.02. The number of aromatic nitrogens is 4. The van der Waals surface area contributed by atoms with Gasteiger partial charge in [-0.05, 0) is 33.8 Å². The van der Waals surface area contributed by atoms with Crippen LogP contribution in [0.2, 0.25) is 5.28 Å². The molecule has 0 aliphatic carbocycles. The van der Waals surface area contributed by atoms with Gasteiger partial charge < -0.3 is 0 Å². The van der Waals surface area contributed by atoms with Gasteiger partial charge in [0.2, 0.25) is 5.28 Å². The third-order valence-electron chi connectivity index (χ3n) is 1.42. The zero-order valence-corrected chi connectivity index (χ0v) is 9.69. The summed E-state index contributed by atoms with van der Waals surface area (Å²) in [7, 11) is 0. The van der Waals surface area contributed by atoms with Crippen molar-refractivity contribution < 1.29 is 0 Å². The van der Waals surface area contributed by atoms with E-state index in [0.717, 1.165) is 0 Å². The van der Waals surface area contributed by atoms with Crippen LogP contribution in [0, 0.1) is 0 Å². The number of nitrogens with zero attached hydrogens (tertiary/aromatic N) is 4. The highest BCUT2D eigenvalue weighted by molar-refractivity contribution is 9.10. The highest BCUT2D eigenvalue weighted by Crippen LogP contribution is 2.17. The third kappa shape index (κ3) is 1.66. The van der Waals surface area contributed by atoms with Crippen LogP contribution in [0.5, 0.6) is 0 Å². The molecule has 4 nitrogen and oxygen atoms in total. The first-order valence-corrected chi connectivity index (χ1v) is 5.73. The fourth-order valence-electron chi connectivity index (χ4n) is 0.899. The van der Waals surface area contributed by atoms with E-state index >= 15 is 0 Å². The number of thioether (sulfide) groups is 1. The molecule has 0 aliphatic heterocycles. The predicted molar refractivity (Wildman–Crippen MR) is 55.3 cm³/mol. The molecule has 0 spiro atoms. The average Bonchev–Trinajstić information content (AvgIpc) is 2.46. The van der Waals surface area contributed by atoms with Crippen molar-refractivity contribution in [3.8, 4) is 0 Å². The highest BCUT2D eigenvalue weighted by atomic mass is 79.9. The van der Waals surface area contributed by atoms with Gasteiger partial charge in [-0.3, -0.25) is 0 Å². The van der Waals surface area contributed by atoms with Gasteiger partial charge in [-0.15, -0.1) is 0 Å². The number of fused-ring (bicyclic) bond motifs is 1. The number of hydrogen-bond donors (Lipinski definition) is 0. The Morgan fingerprint density at radius 1 is 1.54 bits per heavy atom. The van der Waals surface area contributed by atoms with E-state index in [4.69, 9.17) is 11.6 Å². The summed E-state index contributed by atoms with van der Waals surface area (Å²) in [5.74, 6) is 0. The van der Waals surface area contributed by atoms with Gasteiger partial charge in [0.15, 0.2) is 10.8 Å². The van der Waals surface area contributed by atoms with Gasteiger partial charge in [0.1, 0.15) is 4.60 Å². The molecule has 13 heavy (non-hydrogen) atoms. The summed E-state index contributed by atoms with van der Waals surface area (Å²) in [6.45, 7) is 0. The smallest absolute Gasteiger partial charge is 0.203 e. The SMILES string of the molecule is CSc1nc(Cl)n2nc(Br)cc2n1. The van der Waals surface area contributed by atoms with Crippen LogP contribution in [0.1, 0.15) is 0 Å². The quantitative estimate of drug-likeness (QED) is 0.751. The summed E-state index contributed by atoms with van der Waals surface area (Å²) in [6.07, 6.45) is 1.90. The van der Waals surface area contributed by atoms with Gasteiger partial charge >= 0.3 is 0 Å². The lowest BCUT2D eigenvalue weighted by Crippen LogP contribution is -1.97. The fraction of sp³-hybridized carbons (Fsp3) is 0.167. The normalized spacial score (nSPS) is 11.0. The lowest BCUT2D eigenvalue weighted by Gasteiger charge is -1.97. The van der Waals surface area contributed by atoms with Crippen LogP contribution in [-0.4, -0.2) is 25.8 Å². The number of halogens is 2. The molecule has 0 saturated carbocycles. The van der Waals surface area contributed by atoms with Crippen LogP contribution in [0.4, 0.5) is 0 Å². The van der Waals surface area contributed by atoms with Crippen molar-refractivity contribution in [2.75, 3.05) is 6.26 Å².